The van der Waals surface area contributed by atoms with Crippen molar-refractivity contribution in [2.45, 2.75) is 38.1 Å². The van der Waals surface area contributed by atoms with Crippen LogP contribution in [0.3, 0.4) is 0 Å². The molecule has 3 aromatic rings. The van der Waals surface area contributed by atoms with Crippen LogP contribution in [0.2, 0.25) is 5.02 Å². The number of carbonyl (C=O) groups excluding carboxylic acids is 3. The number of hydrogen-bond donors (Lipinski definition) is 0. The van der Waals surface area contributed by atoms with Crippen LogP contribution in [0.15, 0.2) is 66.7 Å². The Bertz CT molecular complexity index is 1370. The van der Waals surface area contributed by atoms with E-state index in [1.165, 1.54) is 13.0 Å². The monoisotopic (exact) mass is 558 g/mol. The lowest BCUT2D eigenvalue weighted by Gasteiger charge is -2.37. The van der Waals surface area contributed by atoms with Gasteiger partial charge in [0.15, 0.2) is 0 Å². The van der Waals surface area contributed by atoms with E-state index in [9.17, 15) is 18.0 Å². The summed E-state index contributed by atoms with van der Waals surface area (Å²) in [6, 6.07) is 19.4. The number of amides is 1. The number of rotatable bonds is 4. The van der Waals surface area contributed by atoms with Gasteiger partial charge in [-0.05, 0) is 47.9 Å². The van der Waals surface area contributed by atoms with Crippen LogP contribution in [-0.4, -0.2) is 42.4 Å². The zero-order chi connectivity index (χ0) is 28.2. The lowest BCUT2D eigenvalue weighted by Crippen LogP contribution is -2.46. The molecule has 0 bridgehead atoms. The zero-order valence-corrected chi connectivity index (χ0v) is 21.9. The smallest absolute Gasteiger partial charge is 0.416 e. The van der Waals surface area contributed by atoms with Crippen LogP contribution in [0, 0.1) is 6.92 Å². The highest BCUT2D eigenvalue weighted by Gasteiger charge is 2.47. The molecule has 1 spiro atoms. The van der Waals surface area contributed by atoms with Crippen molar-refractivity contribution in [1.82, 2.24) is 4.90 Å². The summed E-state index contributed by atoms with van der Waals surface area (Å²) in [5, 5.41) is 0.495. The lowest BCUT2D eigenvalue weighted by molar-refractivity contribution is -0.191. The third-order valence-corrected chi connectivity index (χ3v) is 7.45. The van der Waals surface area contributed by atoms with Crippen molar-refractivity contribution in [3.05, 3.63) is 88.4 Å². The minimum absolute atomic E-state index is 0.164. The summed E-state index contributed by atoms with van der Waals surface area (Å²) >= 11 is 6.43. The van der Waals surface area contributed by atoms with Crippen molar-refractivity contribution in [3.63, 3.8) is 0 Å². The van der Waals surface area contributed by atoms with Gasteiger partial charge in [-0.3, -0.25) is 9.80 Å². The standard InChI is InChI=1S/C28H26ClF3N2O2.CO2/c1-19-15-23(22-9-5-6-10-25(22)29)20(16-24(19)28(30,31)32)17-33-13-11-27(12-14-33)18-34(26(35)36-27)21-7-3-2-4-8-21;2-1-3/h2-10,15-16H,11-14,17-18H2,1H3;. The van der Waals surface area contributed by atoms with E-state index in [0.29, 0.717) is 60.7 Å². The first-order chi connectivity index (χ1) is 18.6. The molecule has 0 saturated carbocycles. The van der Waals surface area contributed by atoms with Crippen molar-refractivity contribution in [2.75, 3.05) is 24.5 Å². The fraction of sp³-hybridized carbons (Fsp3) is 0.310. The minimum Gasteiger partial charge on any atom is -0.441 e. The van der Waals surface area contributed by atoms with E-state index in [2.05, 4.69) is 4.90 Å². The topological polar surface area (TPSA) is 66.9 Å². The number of piperidine rings is 1. The Hall–Kier alpha value is -3.65. The van der Waals surface area contributed by atoms with E-state index in [-0.39, 0.29) is 17.8 Å². The van der Waals surface area contributed by atoms with Gasteiger partial charge in [-0.15, -0.1) is 0 Å². The number of likely N-dealkylation sites (tertiary alicyclic amines) is 1. The van der Waals surface area contributed by atoms with Gasteiger partial charge < -0.3 is 4.74 Å². The Balaban J connectivity index is 0.00000112. The van der Waals surface area contributed by atoms with Crippen molar-refractivity contribution in [3.8, 4) is 11.1 Å². The number of aryl methyl sites for hydroxylation is 1. The van der Waals surface area contributed by atoms with E-state index < -0.39 is 17.3 Å². The Labute approximate surface area is 228 Å². The van der Waals surface area contributed by atoms with Gasteiger partial charge in [0.2, 0.25) is 0 Å². The fourth-order valence-electron chi connectivity index (χ4n) is 5.17. The molecule has 0 unspecified atom stereocenters. The van der Waals surface area contributed by atoms with Gasteiger partial charge in [-0.1, -0.05) is 54.1 Å². The third-order valence-electron chi connectivity index (χ3n) is 7.12. The first-order valence-corrected chi connectivity index (χ1v) is 12.7. The van der Waals surface area contributed by atoms with Crippen molar-refractivity contribution < 1.29 is 32.3 Å². The molecule has 10 heteroatoms. The lowest BCUT2D eigenvalue weighted by atomic mass is 9.89. The van der Waals surface area contributed by atoms with E-state index in [1.807, 2.05) is 42.5 Å². The normalized spacial score (nSPS) is 16.8. The molecule has 2 aliphatic rings. The fourth-order valence-corrected chi connectivity index (χ4v) is 5.41. The van der Waals surface area contributed by atoms with E-state index in [0.717, 1.165) is 5.69 Å². The van der Waals surface area contributed by atoms with Crippen LogP contribution in [0.25, 0.3) is 11.1 Å². The minimum atomic E-state index is -4.44. The molecule has 0 aliphatic carbocycles. The molecule has 2 fully saturated rings. The molecule has 5 rings (SSSR count). The maximum Gasteiger partial charge on any atom is 0.416 e. The van der Waals surface area contributed by atoms with Crippen LogP contribution in [-0.2, 0) is 27.0 Å². The Morgan fingerprint density at radius 2 is 1.59 bits per heavy atom. The maximum absolute atomic E-state index is 13.7. The molecule has 0 atom stereocenters. The third kappa shape index (κ3) is 6.33. The average Bonchev–Trinajstić information content (AvgIpc) is 3.22. The van der Waals surface area contributed by atoms with Crippen LogP contribution < -0.4 is 4.90 Å². The summed E-state index contributed by atoms with van der Waals surface area (Å²) in [4.78, 5) is 32.6. The average molecular weight is 559 g/mol. The van der Waals surface area contributed by atoms with Crippen molar-refractivity contribution >= 4 is 29.5 Å². The first-order valence-electron chi connectivity index (χ1n) is 12.3. The van der Waals surface area contributed by atoms with Gasteiger partial charge in [-0.2, -0.15) is 22.8 Å². The summed E-state index contributed by atoms with van der Waals surface area (Å²) in [6.45, 7) is 3.50. The van der Waals surface area contributed by atoms with Gasteiger partial charge in [-0.25, -0.2) is 4.79 Å². The van der Waals surface area contributed by atoms with Gasteiger partial charge >= 0.3 is 18.4 Å². The van der Waals surface area contributed by atoms with Gasteiger partial charge in [0.25, 0.3) is 0 Å². The van der Waals surface area contributed by atoms with Crippen LogP contribution >= 0.6 is 11.6 Å². The number of nitrogens with zero attached hydrogens (tertiary/aromatic N) is 2. The number of benzene rings is 3. The number of hydrogen-bond acceptors (Lipinski definition) is 5. The summed E-state index contributed by atoms with van der Waals surface area (Å²) < 4.78 is 47.1. The van der Waals surface area contributed by atoms with E-state index >= 15 is 0 Å². The number of ether oxygens (including phenoxy) is 1. The first kappa shape index (κ1) is 28.4. The van der Waals surface area contributed by atoms with Gasteiger partial charge in [0.1, 0.15) is 5.60 Å². The molecule has 3 aromatic carbocycles. The van der Waals surface area contributed by atoms with Crippen LogP contribution in [0.1, 0.15) is 29.5 Å². The number of carbonyl (C=O) groups is 1. The molecular weight excluding hydrogens is 533 g/mol. The van der Waals surface area contributed by atoms with Crippen molar-refractivity contribution in [2.24, 2.45) is 0 Å². The summed E-state index contributed by atoms with van der Waals surface area (Å²) in [5.41, 5.74) is 1.73. The predicted molar refractivity (Wildman–Crippen MR) is 139 cm³/mol. The second-order valence-electron chi connectivity index (χ2n) is 9.63. The summed E-state index contributed by atoms with van der Waals surface area (Å²) in [7, 11) is 0. The molecule has 0 N–H and O–H groups in total. The molecule has 6 nitrogen and oxygen atoms in total. The largest absolute Gasteiger partial charge is 0.441 e. The van der Waals surface area contributed by atoms with Crippen molar-refractivity contribution in [1.29, 1.82) is 0 Å². The molecule has 2 heterocycles. The predicted octanol–water partition coefficient (Wildman–Crippen LogP) is 6.74. The van der Waals surface area contributed by atoms with Crippen LogP contribution in [0.5, 0.6) is 0 Å². The second kappa shape index (κ2) is 11.6. The quantitative estimate of drug-likeness (QED) is 0.355. The van der Waals surface area contributed by atoms with E-state index in [1.54, 1.807) is 23.1 Å². The summed E-state index contributed by atoms with van der Waals surface area (Å²) in [6.07, 6.45) is -3.32. The number of alkyl halides is 3. The Morgan fingerprint density at radius 1 is 0.974 bits per heavy atom. The highest BCUT2D eigenvalue weighted by atomic mass is 35.5. The van der Waals surface area contributed by atoms with Gasteiger partial charge in [0.05, 0.1) is 12.1 Å². The second-order valence-corrected chi connectivity index (χ2v) is 10.0. The molecule has 0 aromatic heterocycles. The summed E-state index contributed by atoms with van der Waals surface area (Å²) in [5.74, 6) is 0. The Kier molecular flexibility index (Phi) is 8.45. The zero-order valence-electron chi connectivity index (χ0n) is 21.1. The molecule has 1 amide bonds. The van der Waals surface area contributed by atoms with Gasteiger partial charge in [0, 0.05) is 48.7 Å². The molecular formula is C29H26ClF3N2O4. The highest BCUT2D eigenvalue weighted by Crippen LogP contribution is 2.40. The number of para-hydroxylation sites is 1. The Morgan fingerprint density at radius 3 is 2.21 bits per heavy atom. The SMILES string of the molecule is Cc1cc(-c2ccccc2Cl)c(CN2CCC3(CC2)CN(c2ccccc2)C(=O)O3)cc1C(F)(F)F.O=C=O. The number of halogens is 4. The molecule has 2 saturated heterocycles. The maximum atomic E-state index is 13.7. The van der Waals surface area contributed by atoms with E-state index in [4.69, 9.17) is 25.9 Å². The molecule has 0 radical (unpaired) electrons. The molecule has 204 valence electrons. The highest BCUT2D eigenvalue weighted by molar-refractivity contribution is 6.33. The number of anilines is 1. The molecule has 2 aliphatic heterocycles. The van der Waals surface area contributed by atoms with Crippen LogP contribution in [0.4, 0.5) is 23.7 Å². The molecule has 39 heavy (non-hydrogen) atoms.